The largest absolute Gasteiger partial charge is 0.384 e. The van der Waals surface area contributed by atoms with Crippen LogP contribution in [0.4, 0.5) is 0 Å². The van der Waals surface area contributed by atoms with E-state index < -0.39 is 0 Å². The number of hydrogen-bond donors (Lipinski definition) is 1. The van der Waals surface area contributed by atoms with Gasteiger partial charge in [-0.05, 0) is 5.92 Å². The van der Waals surface area contributed by atoms with Gasteiger partial charge in [0.15, 0.2) is 0 Å². The fraction of sp³-hybridized carbons (Fsp3) is 0.750. The zero-order valence-electron chi connectivity index (χ0n) is 6.68. The lowest BCUT2D eigenvalue weighted by Gasteiger charge is -2.08. The lowest BCUT2D eigenvalue weighted by atomic mass is 10.2. The number of methoxy groups -OCH3 is 1. The normalized spacial score (nSPS) is 12.5. The topological polar surface area (TPSA) is 21.3 Å². The van der Waals surface area contributed by atoms with Crippen molar-refractivity contribution in [2.45, 2.75) is 6.92 Å². The second kappa shape index (κ2) is 6.60. The lowest BCUT2D eigenvalue weighted by molar-refractivity contribution is 0.159. The summed E-state index contributed by atoms with van der Waals surface area (Å²) in [7, 11) is 1.71. The first-order chi connectivity index (χ1) is 4.81. The van der Waals surface area contributed by atoms with Gasteiger partial charge in [0.2, 0.25) is 0 Å². The van der Waals surface area contributed by atoms with E-state index in [4.69, 9.17) is 11.2 Å². The molecule has 0 aromatic carbocycles. The maximum absolute atomic E-state index is 5.04. The molecule has 1 unspecified atom stereocenters. The number of nitrogens with one attached hydrogen (secondary N) is 1. The van der Waals surface area contributed by atoms with E-state index in [1.165, 1.54) is 0 Å². The van der Waals surface area contributed by atoms with Gasteiger partial charge < -0.3 is 10.1 Å². The lowest BCUT2D eigenvalue weighted by Crippen LogP contribution is -2.23. The van der Waals surface area contributed by atoms with Gasteiger partial charge in [0.1, 0.15) is 0 Å². The average molecular weight is 141 g/mol. The second-order valence-electron chi connectivity index (χ2n) is 2.40. The Kier molecular flexibility index (Phi) is 6.25. The monoisotopic (exact) mass is 141 g/mol. The van der Waals surface area contributed by atoms with Crippen LogP contribution in [0.2, 0.25) is 0 Å². The summed E-state index contributed by atoms with van der Waals surface area (Å²) in [4.78, 5) is 0. The highest BCUT2D eigenvalue weighted by atomic mass is 16.5. The van der Waals surface area contributed by atoms with E-state index in [0.717, 1.165) is 13.2 Å². The first-order valence-electron chi connectivity index (χ1n) is 3.44. The molecule has 1 N–H and O–H groups in total. The molecule has 10 heavy (non-hydrogen) atoms. The van der Waals surface area contributed by atoms with Crippen LogP contribution in [0.1, 0.15) is 6.92 Å². The minimum Gasteiger partial charge on any atom is -0.384 e. The Morgan fingerprint density at radius 2 is 2.40 bits per heavy atom. The third-order valence-corrected chi connectivity index (χ3v) is 1.17. The van der Waals surface area contributed by atoms with Gasteiger partial charge in [-0.2, -0.15) is 0 Å². The van der Waals surface area contributed by atoms with Crippen molar-refractivity contribution in [2.24, 2.45) is 5.92 Å². The minimum absolute atomic E-state index is 0.540. The van der Waals surface area contributed by atoms with Gasteiger partial charge in [0.05, 0.1) is 6.54 Å². The summed E-state index contributed by atoms with van der Waals surface area (Å²) in [6.07, 6.45) is 5.04. The van der Waals surface area contributed by atoms with Crippen molar-refractivity contribution in [3.63, 3.8) is 0 Å². The third-order valence-electron chi connectivity index (χ3n) is 1.17. The maximum atomic E-state index is 5.04. The Hall–Kier alpha value is -0.520. The molecule has 1 atom stereocenters. The molecular formula is C8H15NO. The van der Waals surface area contributed by atoms with Crippen molar-refractivity contribution < 1.29 is 4.74 Å². The summed E-state index contributed by atoms with van der Waals surface area (Å²) in [5.41, 5.74) is 0. The van der Waals surface area contributed by atoms with Crippen LogP contribution >= 0.6 is 0 Å². The molecule has 0 saturated heterocycles. The van der Waals surface area contributed by atoms with Gasteiger partial charge >= 0.3 is 0 Å². The molecule has 0 amide bonds. The van der Waals surface area contributed by atoms with Crippen molar-refractivity contribution in [1.29, 1.82) is 0 Å². The predicted molar refractivity (Wildman–Crippen MR) is 42.7 cm³/mol. The fourth-order valence-corrected chi connectivity index (χ4v) is 0.734. The molecule has 0 aromatic rings. The molecule has 58 valence electrons. The Morgan fingerprint density at radius 1 is 1.70 bits per heavy atom. The zero-order valence-corrected chi connectivity index (χ0v) is 6.68. The zero-order chi connectivity index (χ0) is 7.82. The SMILES string of the molecule is C#CCNCC(C)COC. The molecule has 0 spiro atoms. The molecule has 0 aromatic heterocycles. The Balaban J connectivity index is 3.06. The van der Waals surface area contributed by atoms with E-state index in [0.29, 0.717) is 12.5 Å². The van der Waals surface area contributed by atoms with Crippen molar-refractivity contribution in [3.05, 3.63) is 0 Å². The molecule has 0 fully saturated rings. The van der Waals surface area contributed by atoms with Crippen LogP contribution in [0.5, 0.6) is 0 Å². The summed E-state index contributed by atoms with van der Waals surface area (Å²) in [6, 6.07) is 0. The molecule has 0 aliphatic carbocycles. The molecule has 2 heteroatoms. The van der Waals surface area contributed by atoms with Crippen molar-refractivity contribution in [2.75, 3.05) is 26.8 Å². The van der Waals surface area contributed by atoms with Crippen molar-refractivity contribution in [3.8, 4) is 12.3 Å². The molecular weight excluding hydrogens is 126 g/mol. The van der Waals surface area contributed by atoms with Crippen LogP contribution in [0, 0.1) is 18.3 Å². The summed E-state index contributed by atoms with van der Waals surface area (Å²) in [6.45, 7) is 4.48. The Labute approximate surface area is 63.0 Å². The Morgan fingerprint density at radius 3 is 2.90 bits per heavy atom. The van der Waals surface area contributed by atoms with E-state index >= 15 is 0 Å². The summed E-state index contributed by atoms with van der Waals surface area (Å²) < 4.78 is 4.94. The van der Waals surface area contributed by atoms with Gasteiger partial charge in [0, 0.05) is 20.3 Å². The molecule has 0 bridgehead atoms. The molecule has 2 nitrogen and oxygen atoms in total. The van der Waals surface area contributed by atoms with E-state index in [1.807, 2.05) is 0 Å². The number of hydrogen-bond acceptors (Lipinski definition) is 2. The molecule has 0 rings (SSSR count). The van der Waals surface area contributed by atoms with Gasteiger partial charge in [-0.1, -0.05) is 12.8 Å². The van der Waals surface area contributed by atoms with Crippen LogP contribution in [-0.4, -0.2) is 26.8 Å². The van der Waals surface area contributed by atoms with E-state index in [9.17, 15) is 0 Å². The van der Waals surface area contributed by atoms with Gasteiger partial charge in [-0.15, -0.1) is 6.42 Å². The third kappa shape index (κ3) is 5.61. The van der Waals surface area contributed by atoms with E-state index in [2.05, 4.69) is 18.2 Å². The van der Waals surface area contributed by atoms with E-state index in [-0.39, 0.29) is 0 Å². The average Bonchev–Trinajstić information content (AvgIpc) is 1.89. The summed E-state index contributed by atoms with van der Waals surface area (Å²) in [5, 5.41) is 3.10. The van der Waals surface area contributed by atoms with Crippen LogP contribution in [0.15, 0.2) is 0 Å². The van der Waals surface area contributed by atoms with Crippen LogP contribution < -0.4 is 5.32 Å². The highest BCUT2D eigenvalue weighted by molar-refractivity contribution is 4.86. The number of terminal acetylenes is 1. The van der Waals surface area contributed by atoms with Crippen molar-refractivity contribution in [1.82, 2.24) is 5.32 Å². The second-order valence-corrected chi connectivity index (χ2v) is 2.40. The summed E-state index contributed by atoms with van der Waals surface area (Å²) >= 11 is 0. The number of ether oxygens (including phenoxy) is 1. The summed E-state index contributed by atoms with van der Waals surface area (Å²) in [5.74, 6) is 3.05. The minimum atomic E-state index is 0.540. The molecule has 0 aliphatic heterocycles. The maximum Gasteiger partial charge on any atom is 0.0573 e. The van der Waals surface area contributed by atoms with Crippen LogP contribution in [-0.2, 0) is 4.74 Å². The van der Waals surface area contributed by atoms with Gasteiger partial charge in [-0.25, -0.2) is 0 Å². The standard InChI is InChI=1S/C8H15NO/c1-4-5-9-6-8(2)7-10-3/h1,8-9H,5-7H2,2-3H3. The first kappa shape index (κ1) is 9.48. The first-order valence-corrected chi connectivity index (χ1v) is 3.44. The van der Waals surface area contributed by atoms with Gasteiger partial charge in [0.25, 0.3) is 0 Å². The highest BCUT2D eigenvalue weighted by Gasteiger charge is 1.97. The van der Waals surface area contributed by atoms with Gasteiger partial charge in [-0.3, -0.25) is 0 Å². The number of rotatable bonds is 5. The highest BCUT2D eigenvalue weighted by Crippen LogP contribution is 1.90. The van der Waals surface area contributed by atoms with Crippen molar-refractivity contribution >= 4 is 0 Å². The predicted octanol–water partition coefficient (Wildman–Crippen LogP) is 0.492. The molecule has 0 radical (unpaired) electrons. The molecule has 0 heterocycles. The van der Waals surface area contributed by atoms with Crippen LogP contribution in [0.3, 0.4) is 0 Å². The quantitative estimate of drug-likeness (QED) is 0.444. The molecule has 0 aliphatic rings. The fourth-order valence-electron chi connectivity index (χ4n) is 0.734. The smallest absolute Gasteiger partial charge is 0.0573 e. The van der Waals surface area contributed by atoms with Crippen LogP contribution in [0.25, 0.3) is 0 Å². The molecule has 0 saturated carbocycles. The van der Waals surface area contributed by atoms with E-state index in [1.54, 1.807) is 7.11 Å². The Bertz CT molecular complexity index is 106.